The fourth-order valence-corrected chi connectivity index (χ4v) is 0.393. The lowest BCUT2D eigenvalue weighted by molar-refractivity contribution is -0.140. The van der Waals surface area contributed by atoms with Crippen molar-refractivity contribution < 1.29 is 9.90 Å². The van der Waals surface area contributed by atoms with E-state index in [1.54, 1.807) is 14.0 Å². The minimum absolute atomic E-state index is 0. The van der Waals surface area contributed by atoms with Crippen molar-refractivity contribution in [3.8, 4) is 0 Å². The number of carboxylic acids is 1. The second kappa shape index (κ2) is 5.85. The van der Waals surface area contributed by atoms with Gasteiger partial charge in [0.25, 0.3) is 0 Å². The molecule has 0 fully saturated rings. The van der Waals surface area contributed by atoms with Gasteiger partial charge in [-0.25, -0.2) is 0 Å². The van der Waals surface area contributed by atoms with Crippen LogP contribution in [0.15, 0.2) is 0 Å². The molecule has 0 amide bonds. The highest BCUT2D eigenvalue weighted by Gasteiger charge is 2.07. The van der Waals surface area contributed by atoms with E-state index in [9.17, 15) is 4.79 Å². The molecule has 0 heterocycles. The second-order valence-electron chi connectivity index (χ2n) is 1.80. The van der Waals surface area contributed by atoms with Crippen LogP contribution in [0.3, 0.4) is 0 Å². The monoisotopic (exact) mass is 153 g/mol. The molecule has 0 radical (unpaired) electrons. The van der Waals surface area contributed by atoms with Gasteiger partial charge in [-0.1, -0.05) is 6.92 Å². The Balaban J connectivity index is 0. The van der Waals surface area contributed by atoms with Gasteiger partial charge in [0.1, 0.15) is 0 Å². The van der Waals surface area contributed by atoms with Gasteiger partial charge in [0, 0.05) is 6.54 Å². The normalized spacial score (nSPS) is 11.8. The van der Waals surface area contributed by atoms with E-state index in [2.05, 4.69) is 5.32 Å². The van der Waals surface area contributed by atoms with E-state index in [4.69, 9.17) is 5.11 Å². The molecule has 0 aromatic carbocycles. The van der Waals surface area contributed by atoms with Crippen LogP contribution in [0.2, 0.25) is 0 Å². The van der Waals surface area contributed by atoms with Crippen LogP contribution in [0.4, 0.5) is 0 Å². The summed E-state index contributed by atoms with van der Waals surface area (Å²) in [5.74, 6) is -1.03. The average molecular weight is 154 g/mol. The molecule has 0 rings (SSSR count). The van der Waals surface area contributed by atoms with Gasteiger partial charge in [0.2, 0.25) is 0 Å². The molecule has 4 heteroatoms. The Morgan fingerprint density at radius 2 is 2.22 bits per heavy atom. The summed E-state index contributed by atoms with van der Waals surface area (Å²) in [6.07, 6.45) is 0. The Morgan fingerprint density at radius 3 is 2.33 bits per heavy atom. The number of rotatable bonds is 3. The van der Waals surface area contributed by atoms with E-state index in [1.807, 2.05) is 0 Å². The average Bonchev–Trinajstić information content (AvgIpc) is 1.67. The van der Waals surface area contributed by atoms with Crippen LogP contribution in [0, 0.1) is 5.92 Å². The van der Waals surface area contributed by atoms with Gasteiger partial charge in [-0.3, -0.25) is 4.79 Å². The summed E-state index contributed by atoms with van der Waals surface area (Å²) in [7, 11) is 1.74. The van der Waals surface area contributed by atoms with Gasteiger partial charge >= 0.3 is 5.97 Å². The number of hydrogen-bond donors (Lipinski definition) is 2. The first-order chi connectivity index (χ1) is 3.68. The van der Waals surface area contributed by atoms with Gasteiger partial charge in [0.05, 0.1) is 5.92 Å². The topological polar surface area (TPSA) is 49.3 Å². The SMILES string of the molecule is CNCC(C)C(=O)O.Cl. The molecule has 0 aromatic heterocycles. The molecular formula is C5H12ClNO2. The van der Waals surface area contributed by atoms with Crippen LogP contribution in [0.25, 0.3) is 0 Å². The van der Waals surface area contributed by atoms with E-state index in [-0.39, 0.29) is 18.3 Å². The summed E-state index contributed by atoms with van der Waals surface area (Å²) in [6.45, 7) is 2.20. The molecular weight excluding hydrogens is 142 g/mol. The van der Waals surface area contributed by atoms with Crippen LogP contribution in [0.1, 0.15) is 6.92 Å². The second-order valence-corrected chi connectivity index (χ2v) is 1.80. The maximum Gasteiger partial charge on any atom is 0.307 e. The quantitative estimate of drug-likeness (QED) is 0.615. The molecule has 0 saturated heterocycles. The largest absolute Gasteiger partial charge is 0.481 e. The summed E-state index contributed by atoms with van der Waals surface area (Å²) in [6, 6.07) is 0. The molecule has 0 aliphatic rings. The molecule has 56 valence electrons. The van der Waals surface area contributed by atoms with Crippen molar-refractivity contribution in [2.24, 2.45) is 5.92 Å². The highest BCUT2D eigenvalue weighted by molar-refractivity contribution is 5.85. The molecule has 3 nitrogen and oxygen atoms in total. The summed E-state index contributed by atoms with van der Waals surface area (Å²) in [4.78, 5) is 10.0. The van der Waals surface area contributed by atoms with Crippen molar-refractivity contribution in [3.63, 3.8) is 0 Å². The number of halogens is 1. The first kappa shape index (κ1) is 11.5. The van der Waals surface area contributed by atoms with E-state index in [0.29, 0.717) is 6.54 Å². The zero-order valence-electron chi connectivity index (χ0n) is 5.55. The lowest BCUT2D eigenvalue weighted by atomic mass is 10.2. The Bertz CT molecular complexity index is 87.0. The summed E-state index contributed by atoms with van der Waals surface area (Å²) in [5, 5.41) is 11.0. The summed E-state index contributed by atoms with van der Waals surface area (Å²) < 4.78 is 0. The Morgan fingerprint density at radius 1 is 1.78 bits per heavy atom. The molecule has 1 atom stereocenters. The summed E-state index contributed by atoms with van der Waals surface area (Å²) in [5.41, 5.74) is 0. The third-order valence-electron chi connectivity index (χ3n) is 0.932. The van der Waals surface area contributed by atoms with E-state index < -0.39 is 5.97 Å². The van der Waals surface area contributed by atoms with E-state index in [1.165, 1.54) is 0 Å². The maximum atomic E-state index is 10.0. The Labute approximate surface area is 60.9 Å². The van der Waals surface area contributed by atoms with Crippen molar-refractivity contribution in [2.75, 3.05) is 13.6 Å². The zero-order chi connectivity index (χ0) is 6.57. The molecule has 1 unspecified atom stereocenters. The molecule has 9 heavy (non-hydrogen) atoms. The number of carboxylic acid groups (broad SMARTS) is 1. The fraction of sp³-hybridized carbons (Fsp3) is 0.800. The number of nitrogens with one attached hydrogen (secondary N) is 1. The Hall–Kier alpha value is -0.280. The lowest BCUT2D eigenvalue weighted by Crippen LogP contribution is -2.22. The number of carbonyl (C=O) groups is 1. The predicted molar refractivity (Wildman–Crippen MR) is 38.0 cm³/mol. The van der Waals surface area contributed by atoms with Crippen molar-refractivity contribution in [1.29, 1.82) is 0 Å². The highest BCUT2D eigenvalue weighted by Crippen LogP contribution is 1.89. The van der Waals surface area contributed by atoms with Gasteiger partial charge in [0.15, 0.2) is 0 Å². The van der Waals surface area contributed by atoms with E-state index >= 15 is 0 Å². The van der Waals surface area contributed by atoms with Crippen molar-refractivity contribution in [1.82, 2.24) is 5.32 Å². The smallest absolute Gasteiger partial charge is 0.307 e. The standard InChI is InChI=1S/C5H11NO2.ClH/c1-4(3-6-2)5(7)8;/h4,6H,3H2,1-2H3,(H,7,8);1H. The maximum absolute atomic E-state index is 10.0. The minimum Gasteiger partial charge on any atom is -0.481 e. The van der Waals surface area contributed by atoms with E-state index in [0.717, 1.165) is 0 Å². The van der Waals surface area contributed by atoms with Crippen LogP contribution in [0.5, 0.6) is 0 Å². The summed E-state index contributed by atoms with van der Waals surface area (Å²) >= 11 is 0. The fourth-order valence-electron chi connectivity index (χ4n) is 0.393. The number of aliphatic carboxylic acids is 1. The molecule has 0 spiro atoms. The highest BCUT2D eigenvalue weighted by atomic mass is 35.5. The first-order valence-corrected chi connectivity index (χ1v) is 2.56. The van der Waals surface area contributed by atoms with Crippen LogP contribution >= 0.6 is 12.4 Å². The zero-order valence-corrected chi connectivity index (χ0v) is 6.36. The van der Waals surface area contributed by atoms with Gasteiger partial charge in [-0.15, -0.1) is 12.4 Å². The molecule has 0 aromatic rings. The predicted octanol–water partition coefficient (Wildman–Crippen LogP) is 0.348. The molecule has 0 aliphatic heterocycles. The molecule has 0 bridgehead atoms. The lowest BCUT2D eigenvalue weighted by Gasteiger charge is -2.01. The first-order valence-electron chi connectivity index (χ1n) is 2.56. The molecule has 0 saturated carbocycles. The third kappa shape index (κ3) is 5.59. The van der Waals surface area contributed by atoms with Crippen molar-refractivity contribution in [3.05, 3.63) is 0 Å². The van der Waals surface area contributed by atoms with Crippen molar-refractivity contribution >= 4 is 18.4 Å². The van der Waals surface area contributed by atoms with Gasteiger partial charge in [-0.2, -0.15) is 0 Å². The van der Waals surface area contributed by atoms with Crippen molar-refractivity contribution in [2.45, 2.75) is 6.92 Å². The van der Waals surface area contributed by atoms with Crippen LogP contribution < -0.4 is 5.32 Å². The van der Waals surface area contributed by atoms with Crippen LogP contribution in [-0.4, -0.2) is 24.7 Å². The van der Waals surface area contributed by atoms with Crippen LogP contribution in [-0.2, 0) is 4.79 Å². The van der Waals surface area contributed by atoms with Gasteiger partial charge in [-0.05, 0) is 7.05 Å². The Kier molecular flexibility index (Phi) is 7.48. The minimum atomic E-state index is -0.751. The van der Waals surface area contributed by atoms with Gasteiger partial charge < -0.3 is 10.4 Å². The molecule has 2 N–H and O–H groups in total. The third-order valence-corrected chi connectivity index (χ3v) is 0.932. The molecule has 0 aliphatic carbocycles. The number of hydrogen-bond acceptors (Lipinski definition) is 2.